The zero-order chi connectivity index (χ0) is 33.0. The minimum absolute atomic E-state index is 0.0716. The van der Waals surface area contributed by atoms with Crippen molar-refractivity contribution in [2.75, 3.05) is 25.6 Å². The van der Waals surface area contributed by atoms with Gasteiger partial charge in [0.15, 0.2) is 11.2 Å². The molecule has 0 aromatic carbocycles. The summed E-state index contributed by atoms with van der Waals surface area (Å²) < 4.78 is 36.8. The van der Waals surface area contributed by atoms with Crippen LogP contribution in [-0.2, 0) is 23.1 Å². The van der Waals surface area contributed by atoms with E-state index in [1.54, 1.807) is 4.57 Å². The Morgan fingerprint density at radius 2 is 1.67 bits per heavy atom. The molecule has 2 aromatic rings. The maximum absolute atomic E-state index is 12.5. The smallest absolute Gasteiger partial charge is 0.377 e. The number of phosphoric acid groups is 1. The molecule has 3 heterocycles. The molecule has 0 aliphatic carbocycles. The van der Waals surface area contributed by atoms with Crippen molar-refractivity contribution in [2.45, 2.75) is 154 Å². The van der Waals surface area contributed by atoms with Gasteiger partial charge in [0.1, 0.15) is 6.23 Å². The summed E-state index contributed by atoms with van der Waals surface area (Å²) in [6.07, 6.45) is 22.3. The number of aromatic nitrogens is 4. The van der Waals surface area contributed by atoms with Crippen LogP contribution in [0.1, 0.15) is 136 Å². The van der Waals surface area contributed by atoms with E-state index < -0.39 is 7.82 Å². The normalized spacial score (nSPS) is 19.5. The van der Waals surface area contributed by atoms with Crippen molar-refractivity contribution < 1.29 is 28.0 Å². The SMILES string of the molecule is CCCCCCCCCCCCSC(CCCCC)C(C)OCCCOP(=O)(O)OC[C@@H]1CC[C@H](n2cnc3c(=O)[nH]cnc32)O1. The van der Waals surface area contributed by atoms with Gasteiger partial charge in [0.2, 0.25) is 0 Å². The summed E-state index contributed by atoms with van der Waals surface area (Å²) >= 11 is 2.05. The van der Waals surface area contributed by atoms with Crippen LogP contribution in [0.25, 0.3) is 11.2 Å². The van der Waals surface area contributed by atoms with E-state index in [1.807, 2.05) is 11.8 Å². The monoisotopic (exact) mass is 686 g/mol. The van der Waals surface area contributed by atoms with E-state index in [9.17, 15) is 14.3 Å². The second-order valence-electron chi connectivity index (χ2n) is 12.5. The fraction of sp³-hybridized carbons (Fsp3) is 0.848. The van der Waals surface area contributed by atoms with Crippen molar-refractivity contribution >= 4 is 30.7 Å². The highest BCUT2D eigenvalue weighted by Gasteiger charge is 2.31. The summed E-state index contributed by atoms with van der Waals surface area (Å²) in [4.78, 5) is 32.9. The predicted octanol–water partition coefficient (Wildman–Crippen LogP) is 8.33. The van der Waals surface area contributed by atoms with Gasteiger partial charge >= 0.3 is 7.82 Å². The van der Waals surface area contributed by atoms with Gasteiger partial charge in [0, 0.05) is 11.9 Å². The van der Waals surface area contributed by atoms with E-state index in [0.29, 0.717) is 36.8 Å². The van der Waals surface area contributed by atoms with Crippen molar-refractivity contribution in [3.63, 3.8) is 0 Å². The van der Waals surface area contributed by atoms with E-state index in [-0.39, 0.29) is 42.7 Å². The zero-order valence-corrected chi connectivity index (χ0v) is 30.1. The molecule has 1 aliphatic rings. The average molecular weight is 687 g/mol. The molecule has 3 rings (SSSR count). The van der Waals surface area contributed by atoms with Gasteiger partial charge in [-0.1, -0.05) is 90.9 Å². The molecule has 264 valence electrons. The number of nitrogens with one attached hydrogen (secondary N) is 1. The predicted molar refractivity (Wildman–Crippen MR) is 185 cm³/mol. The Bertz CT molecular complexity index is 1200. The van der Waals surface area contributed by atoms with Gasteiger partial charge in [-0.15, -0.1) is 0 Å². The Morgan fingerprint density at radius 3 is 2.41 bits per heavy atom. The number of imidazole rings is 1. The number of hydrogen-bond acceptors (Lipinski definition) is 9. The first-order valence-electron chi connectivity index (χ1n) is 17.7. The van der Waals surface area contributed by atoms with Crippen molar-refractivity contribution in [3.8, 4) is 0 Å². The van der Waals surface area contributed by atoms with Crippen LogP contribution < -0.4 is 5.56 Å². The average Bonchev–Trinajstić information content (AvgIpc) is 3.69. The number of thioether (sulfide) groups is 1. The van der Waals surface area contributed by atoms with Crippen molar-refractivity contribution in [1.82, 2.24) is 19.5 Å². The van der Waals surface area contributed by atoms with Crippen LogP contribution in [0.2, 0.25) is 0 Å². The molecule has 0 spiro atoms. The standard InChI is InChI=1S/C33H59N4O7PS/c1-4-6-8-9-10-11-12-13-14-16-23-46-29(18-15-7-5-2)27(3)41-21-17-22-42-45(39,40)43-24-28-19-20-30(44-28)37-26-36-31-32(37)34-25-35-33(31)38/h25-30H,4-24H2,1-3H3,(H,39,40)(H,34,35,38)/t27?,28-,29?,30+/m0/s1. The molecule has 3 unspecified atom stereocenters. The lowest BCUT2D eigenvalue weighted by atomic mass is 10.1. The van der Waals surface area contributed by atoms with Crippen LogP contribution in [0, 0.1) is 0 Å². The topological polar surface area (TPSA) is 138 Å². The largest absolute Gasteiger partial charge is 0.472 e. The van der Waals surface area contributed by atoms with Crippen LogP contribution in [0.5, 0.6) is 0 Å². The number of nitrogens with zero attached hydrogens (tertiary/aromatic N) is 3. The van der Waals surface area contributed by atoms with Gasteiger partial charge in [-0.25, -0.2) is 14.5 Å². The third-order valence-electron chi connectivity index (χ3n) is 8.55. The Kier molecular flexibility index (Phi) is 19.1. The quantitative estimate of drug-likeness (QED) is 0.0697. The number of H-pyrrole nitrogens is 1. The lowest BCUT2D eigenvalue weighted by Gasteiger charge is -2.24. The molecule has 1 fully saturated rings. The number of fused-ring (bicyclic) bond motifs is 1. The second-order valence-corrected chi connectivity index (χ2v) is 15.3. The fourth-order valence-corrected chi connectivity index (χ4v) is 7.94. The van der Waals surface area contributed by atoms with Crippen LogP contribution in [0.15, 0.2) is 17.4 Å². The van der Waals surface area contributed by atoms with E-state index >= 15 is 0 Å². The molecule has 13 heteroatoms. The van der Waals surface area contributed by atoms with Crippen LogP contribution >= 0.6 is 19.6 Å². The molecule has 0 amide bonds. The Hall–Kier alpha value is -1.27. The molecular formula is C33H59N4O7PS. The fourth-order valence-electron chi connectivity index (χ4n) is 5.79. The number of aromatic amines is 1. The van der Waals surface area contributed by atoms with E-state index in [4.69, 9.17) is 18.5 Å². The summed E-state index contributed by atoms with van der Waals surface area (Å²) in [5, 5.41) is 0.463. The molecule has 5 atom stereocenters. The maximum Gasteiger partial charge on any atom is 0.472 e. The van der Waals surface area contributed by atoms with Crippen molar-refractivity contribution in [1.29, 1.82) is 0 Å². The maximum atomic E-state index is 12.5. The number of ether oxygens (including phenoxy) is 2. The van der Waals surface area contributed by atoms with Crippen LogP contribution in [-0.4, -0.2) is 67.4 Å². The molecule has 2 aromatic heterocycles. The lowest BCUT2D eigenvalue weighted by Crippen LogP contribution is -2.25. The first-order chi connectivity index (χ1) is 22.3. The Labute approximate surface area is 279 Å². The third kappa shape index (κ3) is 14.5. The molecule has 46 heavy (non-hydrogen) atoms. The highest BCUT2D eigenvalue weighted by atomic mass is 32.2. The summed E-state index contributed by atoms with van der Waals surface area (Å²) in [5.74, 6) is 1.18. The summed E-state index contributed by atoms with van der Waals surface area (Å²) in [6, 6.07) is 0. The van der Waals surface area contributed by atoms with Gasteiger partial charge in [-0.3, -0.25) is 18.4 Å². The molecule has 11 nitrogen and oxygen atoms in total. The highest BCUT2D eigenvalue weighted by Crippen LogP contribution is 2.44. The van der Waals surface area contributed by atoms with Crippen LogP contribution in [0.3, 0.4) is 0 Å². The summed E-state index contributed by atoms with van der Waals surface area (Å²) in [7, 11) is -4.22. The third-order valence-corrected chi connectivity index (χ3v) is 11.1. The van der Waals surface area contributed by atoms with E-state index in [2.05, 4.69) is 35.7 Å². The number of rotatable bonds is 27. The lowest BCUT2D eigenvalue weighted by molar-refractivity contribution is -0.0227. The molecule has 0 radical (unpaired) electrons. The van der Waals surface area contributed by atoms with Crippen molar-refractivity contribution in [3.05, 3.63) is 23.0 Å². The minimum atomic E-state index is -4.22. The van der Waals surface area contributed by atoms with Gasteiger partial charge in [0.25, 0.3) is 5.56 Å². The molecule has 1 saturated heterocycles. The number of unbranched alkanes of at least 4 members (excludes halogenated alkanes) is 11. The zero-order valence-electron chi connectivity index (χ0n) is 28.4. The minimum Gasteiger partial charge on any atom is -0.377 e. The number of phosphoric ester groups is 1. The summed E-state index contributed by atoms with van der Waals surface area (Å²) in [6.45, 7) is 7.12. The molecule has 2 N–H and O–H groups in total. The van der Waals surface area contributed by atoms with Gasteiger partial charge in [-0.05, 0) is 44.8 Å². The van der Waals surface area contributed by atoms with Crippen LogP contribution in [0.4, 0.5) is 0 Å². The second kappa shape index (κ2) is 22.4. The molecule has 0 bridgehead atoms. The first-order valence-corrected chi connectivity index (χ1v) is 20.3. The van der Waals surface area contributed by atoms with Gasteiger partial charge in [0.05, 0.1) is 38.1 Å². The molecular weight excluding hydrogens is 627 g/mol. The van der Waals surface area contributed by atoms with Crippen molar-refractivity contribution in [2.24, 2.45) is 0 Å². The summed E-state index contributed by atoms with van der Waals surface area (Å²) in [5.41, 5.74) is 0.362. The number of hydrogen-bond donors (Lipinski definition) is 2. The van der Waals surface area contributed by atoms with E-state index in [1.165, 1.54) is 102 Å². The van der Waals surface area contributed by atoms with Gasteiger partial charge < -0.3 is 19.4 Å². The van der Waals surface area contributed by atoms with E-state index in [0.717, 1.165) is 6.42 Å². The molecule has 1 aliphatic heterocycles. The molecule has 0 saturated carbocycles. The highest BCUT2D eigenvalue weighted by molar-refractivity contribution is 7.99. The van der Waals surface area contributed by atoms with Gasteiger partial charge in [-0.2, -0.15) is 11.8 Å². The Morgan fingerprint density at radius 1 is 0.978 bits per heavy atom. The Balaban J connectivity index is 1.27. The first kappa shape index (κ1) is 39.2.